The molecule has 2 N–H and O–H groups in total. The summed E-state index contributed by atoms with van der Waals surface area (Å²) in [5.74, 6) is 0. The number of benzene rings is 2. The summed E-state index contributed by atoms with van der Waals surface area (Å²) in [6, 6.07) is 12.5. The third-order valence-corrected chi connectivity index (χ3v) is 5.17. The fraction of sp³-hybridized carbons (Fsp3) is 0. The van der Waals surface area contributed by atoms with Crippen molar-refractivity contribution in [2.24, 2.45) is 0 Å². The molecule has 0 saturated carbocycles. The highest BCUT2D eigenvalue weighted by Crippen LogP contribution is 2.22. The molecular formula is C14H9N3O3S2. The molecule has 6 nitrogen and oxygen atoms in total. The van der Waals surface area contributed by atoms with Gasteiger partial charge in [0.25, 0.3) is 10.0 Å². The molecule has 0 bridgehead atoms. The first-order valence-electron chi connectivity index (χ1n) is 6.14. The molecule has 0 unspecified atom stereocenters. The number of anilines is 1. The number of nitriles is 1. The van der Waals surface area contributed by atoms with Crippen molar-refractivity contribution in [3.05, 3.63) is 57.7 Å². The number of H-pyrrole nitrogens is 1. The number of nitrogens with one attached hydrogen (secondary N) is 2. The third kappa shape index (κ3) is 2.72. The van der Waals surface area contributed by atoms with Crippen LogP contribution in [-0.2, 0) is 10.0 Å². The van der Waals surface area contributed by atoms with Crippen molar-refractivity contribution in [3.63, 3.8) is 0 Å². The molecule has 0 amide bonds. The fourth-order valence-corrected chi connectivity index (χ4v) is 3.88. The zero-order valence-electron chi connectivity index (χ0n) is 11.0. The molecule has 1 aromatic heterocycles. The van der Waals surface area contributed by atoms with Crippen molar-refractivity contribution < 1.29 is 8.42 Å². The van der Waals surface area contributed by atoms with E-state index in [1.54, 1.807) is 24.3 Å². The molecule has 0 saturated heterocycles. The van der Waals surface area contributed by atoms with E-state index in [1.165, 1.54) is 18.2 Å². The van der Waals surface area contributed by atoms with Crippen molar-refractivity contribution in [1.82, 2.24) is 4.98 Å². The van der Waals surface area contributed by atoms with Gasteiger partial charge in [-0.1, -0.05) is 17.4 Å². The van der Waals surface area contributed by atoms with E-state index in [0.717, 1.165) is 11.3 Å². The third-order valence-electron chi connectivity index (χ3n) is 2.95. The van der Waals surface area contributed by atoms with Crippen LogP contribution in [0.25, 0.3) is 10.2 Å². The quantitative estimate of drug-likeness (QED) is 0.768. The number of fused-ring (bicyclic) bond motifs is 1. The number of hydrogen-bond acceptors (Lipinski definition) is 5. The van der Waals surface area contributed by atoms with Gasteiger partial charge < -0.3 is 4.98 Å². The van der Waals surface area contributed by atoms with Crippen molar-refractivity contribution in [2.75, 3.05) is 4.72 Å². The number of aromatic amines is 1. The lowest BCUT2D eigenvalue weighted by molar-refractivity contribution is 0.601. The molecule has 0 aliphatic rings. The lowest BCUT2D eigenvalue weighted by Crippen LogP contribution is -2.12. The Kier molecular flexibility index (Phi) is 3.44. The van der Waals surface area contributed by atoms with Crippen molar-refractivity contribution in [1.29, 1.82) is 5.26 Å². The van der Waals surface area contributed by atoms with E-state index in [2.05, 4.69) is 9.71 Å². The molecular weight excluding hydrogens is 322 g/mol. The van der Waals surface area contributed by atoms with E-state index in [4.69, 9.17) is 5.26 Å². The highest BCUT2D eigenvalue weighted by atomic mass is 32.2. The van der Waals surface area contributed by atoms with Crippen LogP contribution in [0.5, 0.6) is 0 Å². The highest BCUT2D eigenvalue weighted by Gasteiger charge is 2.15. The van der Waals surface area contributed by atoms with E-state index in [9.17, 15) is 13.2 Å². The summed E-state index contributed by atoms with van der Waals surface area (Å²) in [7, 11) is -3.79. The van der Waals surface area contributed by atoms with Gasteiger partial charge in [0.05, 0.1) is 32.4 Å². The van der Waals surface area contributed by atoms with Crippen LogP contribution in [0, 0.1) is 11.3 Å². The number of thiazole rings is 1. The molecule has 22 heavy (non-hydrogen) atoms. The summed E-state index contributed by atoms with van der Waals surface area (Å²) in [6.45, 7) is 0. The van der Waals surface area contributed by atoms with Crippen LogP contribution in [0.4, 0.5) is 5.69 Å². The monoisotopic (exact) mass is 331 g/mol. The van der Waals surface area contributed by atoms with Gasteiger partial charge in [-0.2, -0.15) is 5.26 Å². The minimum Gasteiger partial charge on any atom is -0.312 e. The molecule has 0 spiro atoms. The molecule has 0 radical (unpaired) electrons. The molecule has 0 fully saturated rings. The average Bonchev–Trinajstić information content (AvgIpc) is 2.86. The van der Waals surface area contributed by atoms with E-state index in [0.29, 0.717) is 21.5 Å². The van der Waals surface area contributed by atoms with Gasteiger partial charge in [-0.25, -0.2) is 8.42 Å². The zero-order valence-corrected chi connectivity index (χ0v) is 12.7. The molecule has 2 aromatic carbocycles. The number of rotatable bonds is 3. The predicted molar refractivity (Wildman–Crippen MR) is 84.4 cm³/mol. The van der Waals surface area contributed by atoms with Crippen LogP contribution >= 0.6 is 11.3 Å². The van der Waals surface area contributed by atoms with Gasteiger partial charge in [0, 0.05) is 0 Å². The van der Waals surface area contributed by atoms with Crippen LogP contribution in [0.3, 0.4) is 0 Å². The second-order valence-corrected chi connectivity index (χ2v) is 7.17. The Morgan fingerprint density at radius 2 is 2.00 bits per heavy atom. The molecule has 1 heterocycles. The smallest absolute Gasteiger partial charge is 0.305 e. The Bertz CT molecular complexity index is 1060. The summed E-state index contributed by atoms with van der Waals surface area (Å²) in [6.07, 6.45) is 0. The Labute approximate surface area is 129 Å². The maximum atomic E-state index is 12.4. The van der Waals surface area contributed by atoms with Gasteiger partial charge in [0.15, 0.2) is 0 Å². The molecule has 0 atom stereocenters. The summed E-state index contributed by atoms with van der Waals surface area (Å²) in [5.41, 5.74) is 1.27. The van der Waals surface area contributed by atoms with E-state index in [1.807, 2.05) is 6.07 Å². The van der Waals surface area contributed by atoms with E-state index >= 15 is 0 Å². The molecule has 3 rings (SSSR count). The number of nitrogens with zero attached hydrogens (tertiary/aromatic N) is 1. The highest BCUT2D eigenvalue weighted by molar-refractivity contribution is 7.92. The Hall–Kier alpha value is -2.63. The van der Waals surface area contributed by atoms with Crippen LogP contribution in [0.2, 0.25) is 0 Å². The lowest BCUT2D eigenvalue weighted by atomic mass is 10.2. The Morgan fingerprint density at radius 1 is 1.18 bits per heavy atom. The second-order valence-electron chi connectivity index (χ2n) is 4.47. The maximum absolute atomic E-state index is 12.4. The maximum Gasteiger partial charge on any atom is 0.305 e. The second kappa shape index (κ2) is 5.29. The van der Waals surface area contributed by atoms with E-state index < -0.39 is 10.0 Å². The van der Waals surface area contributed by atoms with Gasteiger partial charge in [-0.05, 0) is 36.4 Å². The van der Waals surface area contributed by atoms with Crippen LogP contribution < -0.4 is 9.60 Å². The molecule has 3 aromatic rings. The summed E-state index contributed by atoms with van der Waals surface area (Å²) in [5, 5.41) is 8.84. The molecule has 0 aliphatic carbocycles. The van der Waals surface area contributed by atoms with Crippen molar-refractivity contribution in [2.45, 2.75) is 4.90 Å². The van der Waals surface area contributed by atoms with Gasteiger partial charge >= 0.3 is 4.87 Å². The molecule has 8 heteroatoms. The standard InChI is InChI=1S/C14H9N3O3S2/c15-8-9-2-1-3-10(6-9)17-22(19,20)11-4-5-12-13(7-11)21-14(18)16-12/h1-7,17H,(H,16,18). The largest absolute Gasteiger partial charge is 0.312 e. The fourth-order valence-electron chi connectivity index (χ4n) is 1.96. The van der Waals surface area contributed by atoms with Crippen LogP contribution in [0.15, 0.2) is 52.2 Å². The minimum absolute atomic E-state index is 0.0533. The number of hydrogen-bond donors (Lipinski definition) is 2. The van der Waals surface area contributed by atoms with Gasteiger partial charge in [-0.15, -0.1) is 0 Å². The Morgan fingerprint density at radius 3 is 2.77 bits per heavy atom. The van der Waals surface area contributed by atoms with Gasteiger partial charge in [0.1, 0.15) is 0 Å². The zero-order chi connectivity index (χ0) is 15.7. The predicted octanol–water partition coefficient (Wildman–Crippen LogP) is 2.26. The SMILES string of the molecule is N#Cc1cccc(NS(=O)(=O)c2ccc3[nH]c(=O)sc3c2)c1. The number of sulfonamides is 1. The Balaban J connectivity index is 2.00. The first-order valence-corrected chi connectivity index (χ1v) is 8.44. The topological polar surface area (TPSA) is 103 Å². The van der Waals surface area contributed by atoms with E-state index in [-0.39, 0.29) is 9.77 Å². The summed E-state index contributed by atoms with van der Waals surface area (Å²) in [4.78, 5) is 13.7. The number of aromatic nitrogens is 1. The van der Waals surface area contributed by atoms with Crippen molar-refractivity contribution in [3.8, 4) is 6.07 Å². The summed E-state index contributed by atoms with van der Waals surface area (Å²) < 4.78 is 27.7. The average molecular weight is 331 g/mol. The summed E-state index contributed by atoms with van der Waals surface area (Å²) >= 11 is 0.948. The first-order chi connectivity index (χ1) is 10.5. The van der Waals surface area contributed by atoms with Gasteiger partial charge in [0.2, 0.25) is 0 Å². The van der Waals surface area contributed by atoms with Crippen LogP contribution in [0.1, 0.15) is 5.56 Å². The normalized spacial score (nSPS) is 11.2. The van der Waals surface area contributed by atoms with Crippen LogP contribution in [-0.4, -0.2) is 13.4 Å². The molecule has 0 aliphatic heterocycles. The molecule has 110 valence electrons. The first kappa shape index (κ1) is 14.3. The minimum atomic E-state index is -3.79. The van der Waals surface area contributed by atoms with Gasteiger partial charge in [-0.3, -0.25) is 9.52 Å². The lowest BCUT2D eigenvalue weighted by Gasteiger charge is -2.08. The van der Waals surface area contributed by atoms with Crippen molar-refractivity contribution >= 4 is 37.3 Å².